The fourth-order valence-electron chi connectivity index (χ4n) is 3.04. The maximum atomic E-state index is 13.0. The van der Waals surface area contributed by atoms with Crippen molar-refractivity contribution in [1.29, 1.82) is 0 Å². The molecule has 114 valence electrons. The van der Waals surface area contributed by atoms with Gasteiger partial charge in [0.2, 0.25) is 10.0 Å². The van der Waals surface area contributed by atoms with Crippen LogP contribution < -0.4 is 5.73 Å². The normalized spacial score (nSPS) is 25.1. The first-order valence-electron chi connectivity index (χ1n) is 7.11. The SMILES string of the molecule is Cc1oc(C)c(S(=O)(=O)N2CCCC(C)C2C)c1CN. The molecule has 1 aromatic rings. The van der Waals surface area contributed by atoms with Crippen molar-refractivity contribution in [2.24, 2.45) is 11.7 Å². The van der Waals surface area contributed by atoms with Crippen LogP contribution in [0.2, 0.25) is 0 Å². The van der Waals surface area contributed by atoms with Crippen LogP contribution in [-0.2, 0) is 16.6 Å². The number of furan rings is 1. The van der Waals surface area contributed by atoms with Gasteiger partial charge in [0.05, 0.1) is 0 Å². The van der Waals surface area contributed by atoms with E-state index in [1.165, 1.54) is 0 Å². The summed E-state index contributed by atoms with van der Waals surface area (Å²) in [5.41, 5.74) is 6.31. The van der Waals surface area contributed by atoms with Crippen molar-refractivity contribution in [3.63, 3.8) is 0 Å². The van der Waals surface area contributed by atoms with Crippen molar-refractivity contribution >= 4 is 10.0 Å². The van der Waals surface area contributed by atoms with Gasteiger partial charge in [-0.3, -0.25) is 0 Å². The quantitative estimate of drug-likeness (QED) is 0.928. The second-order valence-electron chi connectivity index (χ2n) is 5.70. The van der Waals surface area contributed by atoms with E-state index in [9.17, 15) is 8.42 Å². The lowest BCUT2D eigenvalue weighted by Gasteiger charge is -2.36. The smallest absolute Gasteiger partial charge is 0.247 e. The molecule has 1 fully saturated rings. The van der Waals surface area contributed by atoms with E-state index in [1.54, 1.807) is 18.2 Å². The van der Waals surface area contributed by atoms with Crippen molar-refractivity contribution in [3.8, 4) is 0 Å². The lowest BCUT2D eigenvalue weighted by Crippen LogP contribution is -2.46. The van der Waals surface area contributed by atoms with E-state index in [4.69, 9.17) is 10.2 Å². The third-order valence-electron chi connectivity index (χ3n) is 4.41. The number of hydrogen-bond acceptors (Lipinski definition) is 4. The Morgan fingerprint density at radius 1 is 1.30 bits per heavy atom. The van der Waals surface area contributed by atoms with Gasteiger partial charge in [0.1, 0.15) is 16.4 Å². The average Bonchev–Trinajstić information content (AvgIpc) is 2.67. The zero-order chi connectivity index (χ0) is 15.1. The van der Waals surface area contributed by atoms with Crippen LogP contribution in [0.1, 0.15) is 43.8 Å². The molecule has 0 bridgehead atoms. The van der Waals surface area contributed by atoms with E-state index in [0.717, 1.165) is 12.8 Å². The Labute approximate surface area is 121 Å². The van der Waals surface area contributed by atoms with Gasteiger partial charge in [0.15, 0.2) is 0 Å². The van der Waals surface area contributed by atoms with Gasteiger partial charge in [-0.25, -0.2) is 8.42 Å². The molecule has 2 rings (SSSR count). The van der Waals surface area contributed by atoms with E-state index in [-0.39, 0.29) is 17.5 Å². The van der Waals surface area contributed by atoms with Crippen LogP contribution in [0.15, 0.2) is 9.31 Å². The molecule has 0 radical (unpaired) electrons. The Bertz CT molecular complexity index is 592. The second-order valence-corrected chi connectivity index (χ2v) is 7.53. The van der Waals surface area contributed by atoms with Crippen LogP contribution in [0.4, 0.5) is 0 Å². The Morgan fingerprint density at radius 3 is 2.55 bits per heavy atom. The average molecular weight is 300 g/mol. The first kappa shape index (κ1) is 15.5. The number of nitrogens with zero attached hydrogens (tertiary/aromatic N) is 1. The predicted octanol–water partition coefficient (Wildman–Crippen LogP) is 2.16. The lowest BCUT2D eigenvalue weighted by atomic mass is 9.94. The molecule has 6 heteroatoms. The highest BCUT2D eigenvalue weighted by Crippen LogP contribution is 2.33. The number of nitrogens with two attached hydrogens (primary N) is 1. The minimum absolute atomic E-state index is 0.00832. The summed E-state index contributed by atoms with van der Waals surface area (Å²) in [7, 11) is -3.54. The number of hydrogen-bond donors (Lipinski definition) is 1. The Hall–Kier alpha value is -0.850. The Kier molecular flexibility index (Phi) is 4.27. The van der Waals surface area contributed by atoms with Crippen LogP contribution in [-0.4, -0.2) is 25.3 Å². The summed E-state index contributed by atoms with van der Waals surface area (Å²) in [6, 6.07) is 0.00832. The molecule has 1 saturated heterocycles. The summed E-state index contributed by atoms with van der Waals surface area (Å²) in [5, 5.41) is 0. The highest BCUT2D eigenvalue weighted by atomic mass is 32.2. The lowest BCUT2D eigenvalue weighted by molar-refractivity contribution is 0.202. The van der Waals surface area contributed by atoms with Gasteiger partial charge < -0.3 is 10.2 Å². The standard InChI is InChI=1S/C14H24N2O3S/c1-9-6-5-7-16(10(9)2)20(17,18)14-12(4)19-11(3)13(14)8-15/h9-10H,5-8,15H2,1-4H3. The summed E-state index contributed by atoms with van der Waals surface area (Å²) in [6.07, 6.45) is 1.97. The minimum atomic E-state index is -3.54. The Balaban J connectivity index is 2.50. The molecule has 0 saturated carbocycles. The van der Waals surface area contributed by atoms with Gasteiger partial charge >= 0.3 is 0 Å². The van der Waals surface area contributed by atoms with Gasteiger partial charge in [0, 0.05) is 24.7 Å². The van der Waals surface area contributed by atoms with Crippen LogP contribution in [0.5, 0.6) is 0 Å². The third kappa shape index (κ3) is 2.40. The molecule has 2 N–H and O–H groups in total. The largest absolute Gasteiger partial charge is 0.465 e. The van der Waals surface area contributed by atoms with Crippen LogP contribution in [0.25, 0.3) is 0 Å². The number of rotatable bonds is 3. The molecular formula is C14H24N2O3S. The molecule has 0 aromatic carbocycles. The Morgan fingerprint density at radius 2 is 1.95 bits per heavy atom. The van der Waals surface area contributed by atoms with Gasteiger partial charge in [0.25, 0.3) is 0 Å². The van der Waals surface area contributed by atoms with Crippen LogP contribution >= 0.6 is 0 Å². The molecule has 0 amide bonds. The van der Waals surface area contributed by atoms with Crippen molar-refractivity contribution < 1.29 is 12.8 Å². The van der Waals surface area contributed by atoms with Crippen LogP contribution in [0.3, 0.4) is 0 Å². The molecule has 2 atom stereocenters. The molecule has 2 heterocycles. The number of aryl methyl sites for hydroxylation is 2. The van der Waals surface area contributed by atoms with Crippen molar-refractivity contribution in [2.45, 2.75) is 58.0 Å². The van der Waals surface area contributed by atoms with E-state index in [1.807, 2.05) is 6.92 Å². The molecule has 0 spiro atoms. The van der Waals surface area contributed by atoms with Crippen LogP contribution in [0, 0.1) is 19.8 Å². The first-order chi connectivity index (χ1) is 9.30. The molecular weight excluding hydrogens is 276 g/mol. The maximum Gasteiger partial charge on any atom is 0.247 e. The molecule has 5 nitrogen and oxygen atoms in total. The van der Waals surface area contributed by atoms with Gasteiger partial charge in [-0.15, -0.1) is 0 Å². The van der Waals surface area contributed by atoms with Gasteiger partial charge in [-0.1, -0.05) is 6.92 Å². The maximum absolute atomic E-state index is 13.0. The molecule has 0 aliphatic carbocycles. The summed E-state index contributed by atoms with van der Waals surface area (Å²) in [4.78, 5) is 0.276. The minimum Gasteiger partial charge on any atom is -0.465 e. The molecule has 1 aliphatic rings. The van der Waals surface area contributed by atoms with E-state index >= 15 is 0 Å². The first-order valence-corrected chi connectivity index (χ1v) is 8.55. The van der Waals surface area contributed by atoms with E-state index < -0.39 is 10.0 Å². The van der Waals surface area contributed by atoms with E-state index in [0.29, 0.717) is 29.5 Å². The number of piperidine rings is 1. The topological polar surface area (TPSA) is 76.5 Å². The van der Waals surface area contributed by atoms with E-state index in [2.05, 4.69) is 6.92 Å². The summed E-state index contributed by atoms with van der Waals surface area (Å²) in [5.74, 6) is 1.41. The molecule has 1 aliphatic heterocycles. The third-order valence-corrected chi connectivity index (χ3v) is 6.59. The van der Waals surface area contributed by atoms with Crippen molar-refractivity contribution in [2.75, 3.05) is 6.54 Å². The highest BCUT2D eigenvalue weighted by Gasteiger charge is 2.38. The summed E-state index contributed by atoms with van der Waals surface area (Å²) < 4.78 is 33.0. The monoisotopic (exact) mass is 300 g/mol. The fraction of sp³-hybridized carbons (Fsp3) is 0.714. The highest BCUT2D eigenvalue weighted by molar-refractivity contribution is 7.89. The number of sulfonamides is 1. The molecule has 20 heavy (non-hydrogen) atoms. The summed E-state index contributed by atoms with van der Waals surface area (Å²) in [6.45, 7) is 8.28. The molecule has 1 aromatic heterocycles. The van der Waals surface area contributed by atoms with Crippen molar-refractivity contribution in [3.05, 3.63) is 17.1 Å². The van der Waals surface area contributed by atoms with Gasteiger partial charge in [-0.05, 0) is 39.5 Å². The predicted molar refractivity (Wildman–Crippen MR) is 77.8 cm³/mol. The van der Waals surface area contributed by atoms with Crippen molar-refractivity contribution in [1.82, 2.24) is 4.31 Å². The molecule has 2 unspecified atom stereocenters. The second kappa shape index (κ2) is 5.50. The van der Waals surface area contributed by atoms with Gasteiger partial charge in [-0.2, -0.15) is 4.31 Å². The zero-order valence-electron chi connectivity index (χ0n) is 12.6. The zero-order valence-corrected chi connectivity index (χ0v) is 13.5. The summed E-state index contributed by atoms with van der Waals surface area (Å²) >= 11 is 0. The fourth-order valence-corrected chi connectivity index (χ4v) is 5.23.